The number of halogens is 2. The SMILES string of the molecule is CC(C)(C)COc1ccc(C=Nn2c(-c3cc4cc(Br)ccc4o3)nc3ccccc3c2=O)cc1Cl. The highest BCUT2D eigenvalue weighted by Crippen LogP contribution is 2.30. The second kappa shape index (κ2) is 9.56. The van der Waals surface area contributed by atoms with E-state index in [1.807, 2.05) is 36.4 Å². The number of aromatic nitrogens is 2. The number of para-hydroxylation sites is 1. The zero-order chi connectivity index (χ0) is 25.4. The summed E-state index contributed by atoms with van der Waals surface area (Å²) in [7, 11) is 0. The highest BCUT2D eigenvalue weighted by atomic mass is 79.9. The lowest BCUT2D eigenvalue weighted by Crippen LogP contribution is -2.20. The van der Waals surface area contributed by atoms with Crippen LogP contribution in [0, 0.1) is 5.41 Å². The van der Waals surface area contributed by atoms with E-state index in [-0.39, 0.29) is 11.0 Å². The Bertz CT molecular complexity index is 1680. The Labute approximate surface area is 221 Å². The lowest BCUT2D eigenvalue weighted by molar-refractivity contribution is 0.198. The van der Waals surface area contributed by atoms with Crippen molar-refractivity contribution in [3.63, 3.8) is 0 Å². The molecule has 0 saturated heterocycles. The highest BCUT2D eigenvalue weighted by molar-refractivity contribution is 9.10. The smallest absolute Gasteiger partial charge is 0.282 e. The van der Waals surface area contributed by atoms with Crippen LogP contribution in [0.25, 0.3) is 33.5 Å². The Morgan fingerprint density at radius 3 is 2.69 bits per heavy atom. The van der Waals surface area contributed by atoms with Crippen molar-refractivity contribution in [1.82, 2.24) is 9.66 Å². The summed E-state index contributed by atoms with van der Waals surface area (Å²) in [6.07, 6.45) is 1.57. The monoisotopic (exact) mass is 563 g/mol. The van der Waals surface area contributed by atoms with Crippen LogP contribution in [0.15, 0.2) is 85.5 Å². The number of furan rings is 1. The molecule has 2 heterocycles. The summed E-state index contributed by atoms with van der Waals surface area (Å²) < 4.78 is 14.1. The minimum atomic E-state index is -0.301. The summed E-state index contributed by atoms with van der Waals surface area (Å²) in [6, 6.07) is 20.1. The fourth-order valence-electron chi connectivity index (χ4n) is 3.65. The number of ether oxygens (including phenoxy) is 1. The summed E-state index contributed by atoms with van der Waals surface area (Å²) in [6.45, 7) is 6.82. The second-order valence-corrected chi connectivity index (χ2v) is 11.0. The van der Waals surface area contributed by atoms with E-state index in [2.05, 4.69) is 41.8 Å². The van der Waals surface area contributed by atoms with Crippen LogP contribution < -0.4 is 10.3 Å². The molecule has 6 nitrogen and oxygen atoms in total. The molecule has 0 N–H and O–H groups in total. The lowest BCUT2D eigenvalue weighted by Gasteiger charge is -2.19. The molecule has 182 valence electrons. The van der Waals surface area contributed by atoms with Crippen LogP contribution in [0.2, 0.25) is 5.02 Å². The van der Waals surface area contributed by atoms with Crippen molar-refractivity contribution in [3.05, 3.63) is 92.1 Å². The van der Waals surface area contributed by atoms with Crippen molar-refractivity contribution in [2.24, 2.45) is 10.5 Å². The third-order valence-electron chi connectivity index (χ3n) is 5.39. The summed E-state index contributed by atoms with van der Waals surface area (Å²) in [5.74, 6) is 1.34. The topological polar surface area (TPSA) is 69.6 Å². The van der Waals surface area contributed by atoms with Crippen molar-refractivity contribution in [2.45, 2.75) is 20.8 Å². The van der Waals surface area contributed by atoms with Gasteiger partial charge in [-0.2, -0.15) is 9.78 Å². The van der Waals surface area contributed by atoms with Gasteiger partial charge in [0.25, 0.3) is 5.56 Å². The number of hydrogen-bond acceptors (Lipinski definition) is 5. The van der Waals surface area contributed by atoms with Crippen molar-refractivity contribution in [1.29, 1.82) is 0 Å². The number of hydrogen-bond donors (Lipinski definition) is 0. The van der Waals surface area contributed by atoms with Crippen LogP contribution in [-0.2, 0) is 0 Å². The normalized spacial score (nSPS) is 12.1. The summed E-state index contributed by atoms with van der Waals surface area (Å²) in [5, 5.41) is 6.31. The Morgan fingerprint density at radius 1 is 1.11 bits per heavy atom. The number of benzene rings is 3. The van der Waals surface area contributed by atoms with Crippen molar-refractivity contribution in [2.75, 3.05) is 6.61 Å². The molecular weight excluding hydrogens is 542 g/mol. The van der Waals surface area contributed by atoms with Crippen molar-refractivity contribution in [3.8, 4) is 17.3 Å². The first kappa shape index (κ1) is 24.3. The van der Waals surface area contributed by atoms with Crippen LogP contribution in [0.3, 0.4) is 0 Å². The average Bonchev–Trinajstić information content (AvgIpc) is 3.25. The Balaban J connectivity index is 1.57. The maximum atomic E-state index is 13.4. The van der Waals surface area contributed by atoms with Gasteiger partial charge in [-0.3, -0.25) is 4.79 Å². The Morgan fingerprint density at radius 2 is 1.92 bits per heavy atom. The first-order valence-corrected chi connectivity index (χ1v) is 12.5. The third kappa shape index (κ3) is 5.08. The molecule has 8 heteroatoms. The zero-order valence-corrected chi connectivity index (χ0v) is 22.3. The van der Waals surface area contributed by atoms with Crippen LogP contribution in [0.5, 0.6) is 5.75 Å². The van der Waals surface area contributed by atoms with E-state index in [1.54, 1.807) is 36.5 Å². The molecule has 36 heavy (non-hydrogen) atoms. The van der Waals surface area contributed by atoms with Crippen molar-refractivity contribution < 1.29 is 9.15 Å². The molecule has 5 aromatic rings. The van der Waals surface area contributed by atoms with E-state index in [0.29, 0.717) is 51.0 Å². The van der Waals surface area contributed by atoms with Gasteiger partial charge < -0.3 is 9.15 Å². The van der Waals surface area contributed by atoms with Gasteiger partial charge in [0, 0.05) is 9.86 Å². The maximum Gasteiger partial charge on any atom is 0.282 e. The van der Waals surface area contributed by atoms with E-state index < -0.39 is 0 Å². The van der Waals surface area contributed by atoms with Gasteiger partial charge in [-0.15, -0.1) is 0 Å². The fourth-order valence-corrected chi connectivity index (χ4v) is 4.27. The van der Waals surface area contributed by atoms with Gasteiger partial charge in [0.2, 0.25) is 5.82 Å². The molecule has 0 aliphatic heterocycles. The molecular formula is C28H23BrClN3O3. The zero-order valence-electron chi connectivity index (χ0n) is 20.0. The van der Waals surface area contributed by atoms with Gasteiger partial charge in [-0.05, 0) is 65.6 Å². The average molecular weight is 565 g/mol. The van der Waals surface area contributed by atoms with E-state index in [0.717, 1.165) is 9.86 Å². The summed E-state index contributed by atoms with van der Waals surface area (Å²) in [5.41, 5.74) is 1.67. The first-order valence-electron chi connectivity index (χ1n) is 11.4. The molecule has 0 fully saturated rings. The van der Waals surface area contributed by atoms with Gasteiger partial charge in [0.15, 0.2) is 5.76 Å². The third-order valence-corrected chi connectivity index (χ3v) is 6.18. The quantitative estimate of drug-likeness (QED) is 0.207. The van der Waals surface area contributed by atoms with Gasteiger partial charge in [-0.1, -0.05) is 60.4 Å². The molecule has 0 aliphatic rings. The molecule has 0 radical (unpaired) electrons. The van der Waals surface area contributed by atoms with E-state index in [4.69, 9.17) is 25.7 Å². The molecule has 3 aromatic carbocycles. The number of fused-ring (bicyclic) bond motifs is 2. The van der Waals surface area contributed by atoms with E-state index >= 15 is 0 Å². The molecule has 0 atom stereocenters. The van der Waals surface area contributed by atoms with Gasteiger partial charge in [-0.25, -0.2) is 4.98 Å². The number of nitrogens with zero attached hydrogens (tertiary/aromatic N) is 3. The Kier molecular flexibility index (Phi) is 6.45. The van der Waals surface area contributed by atoms with Crippen LogP contribution >= 0.6 is 27.5 Å². The van der Waals surface area contributed by atoms with Crippen LogP contribution in [0.4, 0.5) is 0 Å². The fraction of sp³-hybridized carbons (Fsp3) is 0.179. The molecule has 0 saturated carbocycles. The van der Waals surface area contributed by atoms with Crippen molar-refractivity contribution >= 4 is 55.6 Å². The largest absolute Gasteiger partial charge is 0.491 e. The van der Waals surface area contributed by atoms with Gasteiger partial charge >= 0.3 is 0 Å². The predicted octanol–water partition coefficient (Wildman–Crippen LogP) is 7.53. The minimum absolute atomic E-state index is 0.0108. The maximum absolute atomic E-state index is 13.4. The molecule has 0 unspecified atom stereocenters. The Hall–Kier alpha value is -3.42. The molecule has 0 spiro atoms. The van der Waals surface area contributed by atoms with E-state index in [9.17, 15) is 4.79 Å². The van der Waals surface area contributed by atoms with Gasteiger partial charge in [0.1, 0.15) is 11.3 Å². The summed E-state index contributed by atoms with van der Waals surface area (Å²) >= 11 is 9.93. The summed E-state index contributed by atoms with van der Waals surface area (Å²) in [4.78, 5) is 18.1. The highest BCUT2D eigenvalue weighted by Gasteiger charge is 2.17. The lowest BCUT2D eigenvalue weighted by atomic mass is 9.99. The standard InChI is InChI=1S/C28H23BrClN3O3/c1-28(2,3)16-35-24-10-8-17(12-21(24)30)15-31-33-26(32-22-7-5-4-6-20(22)27(33)34)25-14-18-13-19(29)9-11-23(18)36-25/h4-15H,16H2,1-3H3. The van der Waals surface area contributed by atoms with Gasteiger partial charge in [0.05, 0.1) is 28.7 Å². The second-order valence-electron chi connectivity index (χ2n) is 9.65. The molecule has 0 bridgehead atoms. The van der Waals surface area contributed by atoms with E-state index in [1.165, 1.54) is 4.68 Å². The first-order chi connectivity index (χ1) is 17.2. The van der Waals surface area contributed by atoms with Crippen LogP contribution in [0.1, 0.15) is 26.3 Å². The number of rotatable bonds is 5. The molecule has 0 aliphatic carbocycles. The molecule has 2 aromatic heterocycles. The molecule has 0 amide bonds. The predicted molar refractivity (Wildman–Crippen MR) is 148 cm³/mol. The van der Waals surface area contributed by atoms with Crippen LogP contribution in [-0.4, -0.2) is 22.5 Å². The molecule has 5 rings (SSSR count). The minimum Gasteiger partial charge on any atom is -0.491 e.